The predicted molar refractivity (Wildman–Crippen MR) is 86.1 cm³/mol. The van der Waals surface area contributed by atoms with E-state index in [0.717, 1.165) is 23.9 Å². The van der Waals surface area contributed by atoms with Gasteiger partial charge < -0.3 is 9.64 Å². The van der Waals surface area contributed by atoms with Gasteiger partial charge in [-0.2, -0.15) is 4.68 Å². The van der Waals surface area contributed by atoms with Crippen molar-refractivity contribution in [3.05, 3.63) is 6.33 Å². The third kappa shape index (κ3) is 5.91. The number of aromatic nitrogens is 3. The molecule has 0 aliphatic rings. The number of unbranched alkanes of at least 4 members (excludes halogenated alkanes) is 1. The third-order valence-corrected chi connectivity index (χ3v) is 4.87. The van der Waals surface area contributed by atoms with E-state index in [0.29, 0.717) is 32.7 Å². The molecule has 1 aromatic heterocycles. The molecular formula is C14H26N4O4S. The number of rotatable bonds is 10. The van der Waals surface area contributed by atoms with Gasteiger partial charge in [-0.05, 0) is 19.8 Å². The first kappa shape index (κ1) is 19.6. The van der Waals surface area contributed by atoms with Crippen LogP contribution in [0.5, 0.6) is 0 Å². The quantitative estimate of drug-likeness (QED) is 0.597. The van der Waals surface area contributed by atoms with Gasteiger partial charge >= 0.3 is 6.03 Å². The first-order valence-corrected chi connectivity index (χ1v) is 9.62. The molecule has 1 heterocycles. The summed E-state index contributed by atoms with van der Waals surface area (Å²) in [5.74, 6) is -0.0326. The Kier molecular flexibility index (Phi) is 8.18. The largest absolute Gasteiger partial charge is 0.380 e. The summed E-state index contributed by atoms with van der Waals surface area (Å²) in [6.45, 7) is 7.71. The zero-order valence-electron chi connectivity index (χ0n) is 14.1. The predicted octanol–water partition coefficient (Wildman–Crippen LogP) is 1.57. The van der Waals surface area contributed by atoms with Crippen LogP contribution in [0.1, 0.15) is 40.0 Å². The van der Waals surface area contributed by atoms with Crippen LogP contribution in [0, 0.1) is 0 Å². The highest BCUT2D eigenvalue weighted by Crippen LogP contribution is 2.07. The summed E-state index contributed by atoms with van der Waals surface area (Å²) in [7, 11) is -3.53. The van der Waals surface area contributed by atoms with Crippen LogP contribution in [-0.4, -0.2) is 66.2 Å². The molecule has 23 heavy (non-hydrogen) atoms. The molecule has 0 spiro atoms. The van der Waals surface area contributed by atoms with Crippen molar-refractivity contribution in [2.24, 2.45) is 0 Å². The number of sulfone groups is 1. The Morgan fingerprint density at radius 3 is 2.61 bits per heavy atom. The van der Waals surface area contributed by atoms with E-state index >= 15 is 0 Å². The first-order chi connectivity index (χ1) is 11.0. The monoisotopic (exact) mass is 346 g/mol. The average Bonchev–Trinajstić information content (AvgIpc) is 3.01. The van der Waals surface area contributed by atoms with Crippen molar-refractivity contribution >= 4 is 15.9 Å². The molecule has 0 N–H and O–H groups in total. The van der Waals surface area contributed by atoms with Gasteiger partial charge in [0.15, 0.2) is 0 Å². The van der Waals surface area contributed by atoms with E-state index in [1.54, 1.807) is 11.8 Å². The smallest absolute Gasteiger partial charge is 0.346 e. The average molecular weight is 346 g/mol. The fraction of sp³-hybridized carbons (Fsp3) is 0.786. The van der Waals surface area contributed by atoms with E-state index in [1.165, 1.54) is 0 Å². The zero-order chi connectivity index (χ0) is 17.3. The van der Waals surface area contributed by atoms with Crippen LogP contribution in [0.3, 0.4) is 0 Å². The third-order valence-electron chi connectivity index (χ3n) is 3.18. The number of amides is 1. The lowest BCUT2D eigenvalue weighted by Gasteiger charge is -2.21. The molecule has 0 atom stereocenters. The van der Waals surface area contributed by atoms with E-state index in [4.69, 9.17) is 4.74 Å². The van der Waals surface area contributed by atoms with Gasteiger partial charge in [-0.25, -0.2) is 18.2 Å². The fourth-order valence-electron chi connectivity index (χ4n) is 1.96. The first-order valence-electron chi connectivity index (χ1n) is 7.97. The molecule has 1 aromatic rings. The second-order valence-electron chi connectivity index (χ2n) is 5.11. The lowest BCUT2D eigenvalue weighted by molar-refractivity contribution is 0.118. The summed E-state index contributed by atoms with van der Waals surface area (Å²) in [4.78, 5) is 17.9. The minimum absolute atomic E-state index is 0.0326. The molecule has 0 radical (unpaired) electrons. The van der Waals surface area contributed by atoms with Crippen molar-refractivity contribution in [2.45, 2.75) is 45.2 Å². The van der Waals surface area contributed by atoms with Gasteiger partial charge in [-0.1, -0.05) is 20.3 Å². The highest BCUT2D eigenvalue weighted by atomic mass is 32.2. The second-order valence-corrected chi connectivity index (χ2v) is 7.11. The molecule has 0 unspecified atom stereocenters. The lowest BCUT2D eigenvalue weighted by atomic mass is 10.3. The van der Waals surface area contributed by atoms with Crippen molar-refractivity contribution in [3.63, 3.8) is 0 Å². The Bertz CT molecular complexity index is 585. The molecule has 0 saturated heterocycles. The van der Waals surface area contributed by atoms with Crippen LogP contribution < -0.4 is 0 Å². The van der Waals surface area contributed by atoms with Crippen LogP contribution in [0.2, 0.25) is 0 Å². The van der Waals surface area contributed by atoms with Gasteiger partial charge in [0.05, 0.1) is 12.4 Å². The summed E-state index contributed by atoms with van der Waals surface area (Å²) in [6, 6.07) is -0.386. The molecule has 0 bridgehead atoms. The number of hydrogen-bond acceptors (Lipinski definition) is 6. The summed E-state index contributed by atoms with van der Waals surface area (Å²) < 4.78 is 30.2. The van der Waals surface area contributed by atoms with Crippen molar-refractivity contribution in [1.29, 1.82) is 0 Å². The number of carbonyl (C=O) groups excluding carboxylic acids is 1. The second kappa shape index (κ2) is 9.61. The molecule has 132 valence electrons. The Balaban J connectivity index is 2.84. The van der Waals surface area contributed by atoms with Crippen molar-refractivity contribution in [3.8, 4) is 0 Å². The van der Waals surface area contributed by atoms with Crippen LogP contribution >= 0.6 is 0 Å². The molecule has 1 amide bonds. The van der Waals surface area contributed by atoms with Gasteiger partial charge in [0.25, 0.3) is 5.16 Å². The van der Waals surface area contributed by atoms with Gasteiger partial charge in [0.2, 0.25) is 9.84 Å². The van der Waals surface area contributed by atoms with Gasteiger partial charge in [-0.15, -0.1) is 5.10 Å². The van der Waals surface area contributed by atoms with E-state index in [2.05, 4.69) is 10.1 Å². The topological polar surface area (TPSA) is 94.4 Å². The van der Waals surface area contributed by atoms with Gasteiger partial charge in [0, 0.05) is 19.7 Å². The fourth-order valence-corrected chi connectivity index (χ4v) is 3.10. The van der Waals surface area contributed by atoms with Crippen LogP contribution in [0.15, 0.2) is 11.5 Å². The standard InChI is InChI=1S/C14H26N4O4S/c1-4-7-8-17(9-10-22-6-3)14(19)18-12-15-13(16-18)23(20,21)11-5-2/h12H,4-11H2,1-3H3. The molecule has 8 nitrogen and oxygen atoms in total. The maximum atomic E-state index is 12.5. The SMILES string of the molecule is CCCCN(CCOCC)C(=O)n1cnc(S(=O)(=O)CCC)n1. The number of nitrogens with zero attached hydrogens (tertiary/aromatic N) is 4. The lowest BCUT2D eigenvalue weighted by Crippen LogP contribution is -2.38. The minimum Gasteiger partial charge on any atom is -0.380 e. The Morgan fingerprint density at radius 2 is 2.00 bits per heavy atom. The number of hydrogen-bond donors (Lipinski definition) is 0. The molecule has 0 saturated carbocycles. The molecule has 0 fully saturated rings. The molecule has 0 aromatic carbocycles. The molecule has 0 aliphatic heterocycles. The normalized spacial score (nSPS) is 11.6. The highest BCUT2D eigenvalue weighted by Gasteiger charge is 2.22. The highest BCUT2D eigenvalue weighted by molar-refractivity contribution is 7.91. The minimum atomic E-state index is -3.53. The number of carbonyl (C=O) groups is 1. The zero-order valence-corrected chi connectivity index (χ0v) is 14.9. The van der Waals surface area contributed by atoms with Crippen LogP contribution in [0.25, 0.3) is 0 Å². The van der Waals surface area contributed by atoms with Crippen LogP contribution in [-0.2, 0) is 14.6 Å². The van der Waals surface area contributed by atoms with Gasteiger partial charge in [0.1, 0.15) is 6.33 Å². The Labute approximate surface area is 137 Å². The van der Waals surface area contributed by atoms with Crippen LogP contribution in [0.4, 0.5) is 4.79 Å². The van der Waals surface area contributed by atoms with Gasteiger partial charge in [-0.3, -0.25) is 0 Å². The van der Waals surface area contributed by atoms with Crippen molar-refractivity contribution in [2.75, 3.05) is 32.1 Å². The molecular weight excluding hydrogens is 320 g/mol. The maximum Gasteiger partial charge on any atom is 0.346 e. The van der Waals surface area contributed by atoms with E-state index in [-0.39, 0.29) is 16.9 Å². The number of ether oxygens (including phenoxy) is 1. The van der Waals surface area contributed by atoms with Crippen molar-refractivity contribution < 1.29 is 17.9 Å². The maximum absolute atomic E-state index is 12.5. The van der Waals surface area contributed by atoms with E-state index < -0.39 is 9.84 Å². The molecule has 0 aliphatic carbocycles. The Morgan fingerprint density at radius 1 is 1.26 bits per heavy atom. The Hall–Kier alpha value is -1.48. The summed E-state index contributed by atoms with van der Waals surface area (Å²) >= 11 is 0. The molecule has 9 heteroatoms. The van der Waals surface area contributed by atoms with E-state index in [9.17, 15) is 13.2 Å². The summed E-state index contributed by atoms with van der Waals surface area (Å²) in [5, 5.41) is 3.55. The van der Waals surface area contributed by atoms with Crippen molar-refractivity contribution in [1.82, 2.24) is 19.7 Å². The summed E-state index contributed by atoms with van der Waals surface area (Å²) in [5.41, 5.74) is 0. The summed E-state index contributed by atoms with van der Waals surface area (Å²) in [6.07, 6.45) is 3.44. The molecule has 1 rings (SSSR count). The van der Waals surface area contributed by atoms with E-state index in [1.807, 2.05) is 13.8 Å².